The highest BCUT2D eigenvalue weighted by molar-refractivity contribution is 6.99. The first-order chi connectivity index (χ1) is 8.74. The fourth-order valence-electron chi connectivity index (χ4n) is 1.78. The molecule has 100 valence electrons. The van der Waals surface area contributed by atoms with Crippen LogP contribution in [0.5, 0.6) is 0 Å². The Morgan fingerprint density at radius 2 is 2.50 bits per heavy atom. The lowest BCUT2D eigenvalue weighted by Crippen LogP contribution is -2.54. The van der Waals surface area contributed by atoms with E-state index in [1.54, 1.807) is 0 Å². The van der Waals surface area contributed by atoms with Crippen LogP contribution in [0.25, 0.3) is 0 Å². The Hall–Kier alpha value is -0.920. The Morgan fingerprint density at radius 3 is 3.17 bits per heavy atom. The van der Waals surface area contributed by atoms with Crippen LogP contribution >= 0.6 is 23.3 Å². The van der Waals surface area contributed by atoms with Crippen LogP contribution in [0.3, 0.4) is 0 Å². The first-order valence-corrected chi connectivity index (χ1v) is 6.95. The number of halogens is 1. The van der Waals surface area contributed by atoms with Gasteiger partial charge in [-0.05, 0) is 6.42 Å². The van der Waals surface area contributed by atoms with Gasteiger partial charge in [0.2, 0.25) is 5.91 Å². The Morgan fingerprint density at radius 1 is 1.67 bits per heavy atom. The number of morpholine rings is 1. The maximum atomic E-state index is 12.1. The molecule has 1 aliphatic heterocycles. The van der Waals surface area contributed by atoms with Crippen LogP contribution in [-0.2, 0) is 9.53 Å². The first-order valence-electron chi connectivity index (χ1n) is 5.84. The normalized spacial score (nSPS) is 19.9. The second-order valence-electron chi connectivity index (χ2n) is 3.95. The minimum absolute atomic E-state index is 0.0550. The van der Waals surface area contributed by atoms with Crippen LogP contribution in [0.2, 0.25) is 5.15 Å². The Labute approximate surface area is 115 Å². The number of aromatic nitrogens is 2. The lowest BCUT2D eigenvalue weighted by atomic mass is 10.2. The van der Waals surface area contributed by atoms with Gasteiger partial charge < -0.3 is 15.0 Å². The molecule has 1 amide bonds. The minimum atomic E-state index is -0.383. The van der Waals surface area contributed by atoms with E-state index in [9.17, 15) is 4.79 Å². The summed E-state index contributed by atoms with van der Waals surface area (Å²) in [7, 11) is 0. The molecule has 0 aliphatic carbocycles. The molecule has 18 heavy (non-hydrogen) atoms. The highest BCUT2D eigenvalue weighted by atomic mass is 35.5. The fraction of sp³-hybridized carbons (Fsp3) is 0.700. The van der Waals surface area contributed by atoms with Gasteiger partial charge in [0.05, 0.1) is 24.9 Å². The van der Waals surface area contributed by atoms with E-state index in [2.05, 4.69) is 14.1 Å². The molecule has 8 heteroatoms. The van der Waals surface area contributed by atoms with E-state index in [4.69, 9.17) is 16.3 Å². The van der Waals surface area contributed by atoms with Gasteiger partial charge in [-0.3, -0.25) is 4.79 Å². The van der Waals surface area contributed by atoms with Gasteiger partial charge in [0.15, 0.2) is 11.0 Å². The highest BCUT2D eigenvalue weighted by Crippen LogP contribution is 2.26. The molecule has 1 aliphatic rings. The van der Waals surface area contributed by atoms with Crippen LogP contribution in [0, 0.1) is 0 Å². The van der Waals surface area contributed by atoms with Crippen molar-refractivity contribution in [2.75, 3.05) is 31.2 Å². The summed E-state index contributed by atoms with van der Waals surface area (Å²) in [6.07, 6.45) is 0.901. The van der Waals surface area contributed by atoms with Crippen molar-refractivity contribution < 1.29 is 9.53 Å². The molecule has 2 rings (SSSR count). The lowest BCUT2D eigenvalue weighted by molar-refractivity contribution is -0.124. The number of ether oxygens (including phenoxy) is 1. The number of hydrogen-bond acceptors (Lipinski definition) is 6. The molecular weight excluding hydrogens is 276 g/mol. The number of carbonyl (C=O) groups is 1. The summed E-state index contributed by atoms with van der Waals surface area (Å²) in [4.78, 5) is 13.9. The van der Waals surface area contributed by atoms with Crippen LogP contribution in [0.1, 0.15) is 13.3 Å². The number of anilines is 1. The van der Waals surface area contributed by atoms with E-state index < -0.39 is 0 Å². The third kappa shape index (κ3) is 2.90. The summed E-state index contributed by atoms with van der Waals surface area (Å²) in [5.41, 5.74) is 0. The zero-order valence-electron chi connectivity index (χ0n) is 10.1. The molecule has 0 bridgehead atoms. The summed E-state index contributed by atoms with van der Waals surface area (Å²) < 4.78 is 13.4. The van der Waals surface area contributed by atoms with E-state index in [-0.39, 0.29) is 11.9 Å². The van der Waals surface area contributed by atoms with E-state index in [0.29, 0.717) is 37.3 Å². The third-order valence-electron chi connectivity index (χ3n) is 2.69. The van der Waals surface area contributed by atoms with Crippen molar-refractivity contribution in [1.82, 2.24) is 14.1 Å². The number of nitrogens with zero attached hydrogens (tertiary/aromatic N) is 3. The van der Waals surface area contributed by atoms with Crippen molar-refractivity contribution in [1.29, 1.82) is 0 Å². The highest BCUT2D eigenvalue weighted by Gasteiger charge is 2.32. The molecule has 1 fully saturated rings. The predicted octanol–water partition coefficient (Wildman–Crippen LogP) is 0.923. The molecule has 1 saturated heterocycles. The number of amides is 1. The lowest BCUT2D eigenvalue weighted by Gasteiger charge is -2.34. The van der Waals surface area contributed by atoms with Crippen LogP contribution in [0.15, 0.2) is 0 Å². The molecule has 1 aromatic heterocycles. The number of carbonyl (C=O) groups excluding carboxylic acids is 1. The Balaban J connectivity index is 2.11. The van der Waals surface area contributed by atoms with E-state index in [1.165, 1.54) is 0 Å². The zero-order valence-corrected chi connectivity index (χ0v) is 11.6. The maximum Gasteiger partial charge on any atom is 0.245 e. The van der Waals surface area contributed by atoms with Crippen molar-refractivity contribution in [3.63, 3.8) is 0 Å². The summed E-state index contributed by atoms with van der Waals surface area (Å²) in [6, 6.07) is -0.383. The summed E-state index contributed by atoms with van der Waals surface area (Å²) in [5, 5.41) is 3.21. The maximum absolute atomic E-state index is 12.1. The van der Waals surface area contributed by atoms with Gasteiger partial charge in [0, 0.05) is 13.1 Å². The van der Waals surface area contributed by atoms with E-state index in [1.807, 2.05) is 11.8 Å². The summed E-state index contributed by atoms with van der Waals surface area (Å²) >= 11 is 7.02. The van der Waals surface area contributed by atoms with Crippen LogP contribution < -0.4 is 10.2 Å². The molecule has 1 atom stereocenters. The molecule has 0 saturated carbocycles. The van der Waals surface area contributed by atoms with Gasteiger partial charge in [0.25, 0.3) is 0 Å². The Bertz CT molecular complexity index is 414. The quantitative estimate of drug-likeness (QED) is 0.893. The predicted molar refractivity (Wildman–Crippen MR) is 70.2 cm³/mol. The molecule has 1 aromatic rings. The van der Waals surface area contributed by atoms with Crippen molar-refractivity contribution >= 4 is 35.1 Å². The number of nitrogens with one attached hydrogen (secondary N) is 1. The van der Waals surface area contributed by atoms with Gasteiger partial charge in [-0.1, -0.05) is 18.5 Å². The first kappa shape index (κ1) is 13.5. The number of hydrogen-bond donors (Lipinski definition) is 1. The second kappa shape index (κ2) is 6.31. The molecule has 6 nitrogen and oxygen atoms in total. The molecule has 2 heterocycles. The average Bonchev–Trinajstić information content (AvgIpc) is 2.82. The van der Waals surface area contributed by atoms with Gasteiger partial charge >= 0.3 is 0 Å². The van der Waals surface area contributed by atoms with Crippen LogP contribution in [0.4, 0.5) is 5.82 Å². The summed E-state index contributed by atoms with van der Waals surface area (Å²) in [5.74, 6) is 0.516. The zero-order chi connectivity index (χ0) is 13.0. The van der Waals surface area contributed by atoms with Crippen molar-refractivity contribution in [2.24, 2.45) is 0 Å². The topological polar surface area (TPSA) is 67.3 Å². The monoisotopic (exact) mass is 290 g/mol. The van der Waals surface area contributed by atoms with Gasteiger partial charge in [-0.25, -0.2) is 0 Å². The van der Waals surface area contributed by atoms with Gasteiger partial charge in [-0.15, -0.1) is 0 Å². The van der Waals surface area contributed by atoms with Crippen molar-refractivity contribution in [2.45, 2.75) is 19.4 Å². The largest absolute Gasteiger partial charge is 0.377 e. The molecule has 0 spiro atoms. The number of rotatable bonds is 4. The van der Waals surface area contributed by atoms with Gasteiger partial charge in [0.1, 0.15) is 6.04 Å². The van der Waals surface area contributed by atoms with Crippen LogP contribution in [-0.4, -0.2) is 47.0 Å². The molecule has 0 aromatic carbocycles. The minimum Gasteiger partial charge on any atom is -0.377 e. The smallest absolute Gasteiger partial charge is 0.245 e. The molecule has 1 N–H and O–H groups in total. The van der Waals surface area contributed by atoms with Gasteiger partial charge in [-0.2, -0.15) is 8.75 Å². The summed E-state index contributed by atoms with van der Waals surface area (Å²) in [6.45, 7) is 4.17. The van der Waals surface area contributed by atoms with E-state index in [0.717, 1.165) is 18.1 Å². The molecule has 1 unspecified atom stereocenters. The van der Waals surface area contributed by atoms with Crippen molar-refractivity contribution in [3.05, 3.63) is 5.15 Å². The second-order valence-corrected chi connectivity index (χ2v) is 4.84. The molecule has 0 radical (unpaired) electrons. The fourth-order valence-corrected chi connectivity index (χ4v) is 2.54. The Kier molecular flexibility index (Phi) is 4.73. The standard InChI is InChI=1S/C10H15ClN4O2S/c1-2-3-12-10(16)7-6-17-5-4-15(7)9-8(11)13-18-14-9/h7H,2-6H2,1H3,(H,12,16). The SMILES string of the molecule is CCCNC(=O)C1COCCN1c1nsnc1Cl. The van der Waals surface area contributed by atoms with E-state index >= 15 is 0 Å². The third-order valence-corrected chi connectivity index (χ3v) is 3.56. The van der Waals surface area contributed by atoms with Crippen molar-refractivity contribution in [3.8, 4) is 0 Å². The molecular formula is C10H15ClN4O2S. The average molecular weight is 291 g/mol.